The second-order valence-corrected chi connectivity index (χ2v) is 5.25. The van der Waals surface area contributed by atoms with Gasteiger partial charge in [-0.2, -0.15) is 0 Å². The topological polar surface area (TPSA) is 67.6 Å². The molecule has 1 saturated heterocycles. The summed E-state index contributed by atoms with van der Waals surface area (Å²) >= 11 is 0. The molecule has 2 atom stereocenters. The predicted octanol–water partition coefficient (Wildman–Crippen LogP) is 0.341. The van der Waals surface area contributed by atoms with Crippen LogP contribution in [0.4, 0.5) is 0 Å². The lowest BCUT2D eigenvalue weighted by Crippen LogP contribution is -2.46. The zero-order valence-corrected chi connectivity index (χ0v) is 11.7. The normalized spacial score (nSPS) is 20.4. The minimum absolute atomic E-state index is 0.136. The zero-order valence-electron chi connectivity index (χ0n) is 11.7. The lowest BCUT2D eigenvalue weighted by molar-refractivity contribution is -0.122. The SMILES string of the molecule is CC(N)CCCC(=O)NC(C)CN1CCOCC1. The molecule has 106 valence electrons. The first-order valence-corrected chi connectivity index (χ1v) is 6.93. The molecular weight excluding hydrogens is 230 g/mol. The number of carbonyl (C=O) groups excluding carboxylic acids is 1. The summed E-state index contributed by atoms with van der Waals surface area (Å²) in [6, 6.07) is 0.384. The maximum atomic E-state index is 11.7. The molecule has 0 aliphatic carbocycles. The van der Waals surface area contributed by atoms with Crippen LogP contribution in [0.2, 0.25) is 0 Å². The van der Waals surface area contributed by atoms with E-state index in [2.05, 4.69) is 17.1 Å². The van der Waals surface area contributed by atoms with Crippen molar-refractivity contribution in [3.8, 4) is 0 Å². The number of ether oxygens (including phenoxy) is 1. The fourth-order valence-corrected chi connectivity index (χ4v) is 2.15. The first-order chi connectivity index (χ1) is 8.58. The molecule has 1 rings (SSSR count). The van der Waals surface area contributed by atoms with Gasteiger partial charge in [0, 0.05) is 38.1 Å². The fraction of sp³-hybridized carbons (Fsp3) is 0.923. The number of hydrogen-bond donors (Lipinski definition) is 2. The van der Waals surface area contributed by atoms with E-state index in [1.54, 1.807) is 0 Å². The molecule has 0 aromatic rings. The van der Waals surface area contributed by atoms with Crippen LogP contribution in [-0.4, -0.2) is 55.7 Å². The van der Waals surface area contributed by atoms with Crippen molar-refractivity contribution in [3.05, 3.63) is 0 Å². The minimum Gasteiger partial charge on any atom is -0.379 e. The van der Waals surface area contributed by atoms with Crippen LogP contribution in [0, 0.1) is 0 Å². The van der Waals surface area contributed by atoms with Crippen LogP contribution in [0.1, 0.15) is 33.1 Å². The molecule has 0 saturated carbocycles. The van der Waals surface area contributed by atoms with Crippen LogP contribution >= 0.6 is 0 Å². The molecule has 1 heterocycles. The second kappa shape index (κ2) is 8.45. The lowest BCUT2D eigenvalue weighted by Gasteiger charge is -2.29. The highest BCUT2D eigenvalue weighted by molar-refractivity contribution is 5.76. The smallest absolute Gasteiger partial charge is 0.220 e. The van der Waals surface area contributed by atoms with Crippen molar-refractivity contribution in [3.63, 3.8) is 0 Å². The number of carbonyl (C=O) groups is 1. The van der Waals surface area contributed by atoms with Crippen molar-refractivity contribution in [1.82, 2.24) is 10.2 Å². The summed E-state index contributed by atoms with van der Waals surface area (Å²) in [6.45, 7) is 8.46. The summed E-state index contributed by atoms with van der Waals surface area (Å²) in [5.41, 5.74) is 5.65. The molecule has 5 heteroatoms. The largest absolute Gasteiger partial charge is 0.379 e. The lowest BCUT2D eigenvalue weighted by atomic mass is 10.1. The van der Waals surface area contributed by atoms with Crippen molar-refractivity contribution >= 4 is 5.91 Å². The average Bonchev–Trinajstić information content (AvgIpc) is 2.29. The quantitative estimate of drug-likeness (QED) is 0.690. The molecule has 0 spiro atoms. The van der Waals surface area contributed by atoms with E-state index in [-0.39, 0.29) is 18.0 Å². The van der Waals surface area contributed by atoms with Crippen LogP contribution in [-0.2, 0) is 9.53 Å². The number of morpholine rings is 1. The van der Waals surface area contributed by atoms with Gasteiger partial charge in [0.25, 0.3) is 0 Å². The van der Waals surface area contributed by atoms with Crippen LogP contribution < -0.4 is 11.1 Å². The van der Waals surface area contributed by atoms with Crippen LogP contribution in [0.15, 0.2) is 0 Å². The van der Waals surface area contributed by atoms with E-state index < -0.39 is 0 Å². The van der Waals surface area contributed by atoms with Gasteiger partial charge in [-0.3, -0.25) is 9.69 Å². The highest BCUT2D eigenvalue weighted by Gasteiger charge is 2.14. The second-order valence-electron chi connectivity index (χ2n) is 5.25. The Kier molecular flexibility index (Phi) is 7.23. The molecular formula is C13H27N3O2. The van der Waals surface area contributed by atoms with Gasteiger partial charge in [-0.1, -0.05) is 0 Å². The van der Waals surface area contributed by atoms with Gasteiger partial charge in [0.1, 0.15) is 0 Å². The van der Waals surface area contributed by atoms with E-state index in [4.69, 9.17) is 10.5 Å². The Bertz CT molecular complexity index is 240. The fourth-order valence-electron chi connectivity index (χ4n) is 2.15. The summed E-state index contributed by atoms with van der Waals surface area (Å²) in [6.07, 6.45) is 2.36. The van der Waals surface area contributed by atoms with Gasteiger partial charge in [-0.15, -0.1) is 0 Å². The van der Waals surface area contributed by atoms with Gasteiger partial charge < -0.3 is 15.8 Å². The van der Waals surface area contributed by atoms with E-state index in [9.17, 15) is 4.79 Å². The standard InChI is InChI=1S/C13H27N3O2/c1-11(14)4-3-5-13(17)15-12(2)10-16-6-8-18-9-7-16/h11-12H,3-10,14H2,1-2H3,(H,15,17). The van der Waals surface area contributed by atoms with Gasteiger partial charge in [-0.05, 0) is 26.7 Å². The van der Waals surface area contributed by atoms with Gasteiger partial charge in [0.15, 0.2) is 0 Å². The molecule has 1 aliphatic heterocycles. The number of nitrogens with two attached hydrogens (primary N) is 1. The zero-order chi connectivity index (χ0) is 13.4. The van der Waals surface area contributed by atoms with Gasteiger partial charge in [0.2, 0.25) is 5.91 Å². The van der Waals surface area contributed by atoms with Crippen molar-refractivity contribution in [1.29, 1.82) is 0 Å². The molecule has 1 amide bonds. The third-order valence-corrected chi connectivity index (χ3v) is 3.11. The first-order valence-electron chi connectivity index (χ1n) is 6.93. The van der Waals surface area contributed by atoms with Gasteiger partial charge >= 0.3 is 0 Å². The Morgan fingerprint density at radius 2 is 2.06 bits per heavy atom. The molecule has 18 heavy (non-hydrogen) atoms. The predicted molar refractivity (Wildman–Crippen MR) is 72.4 cm³/mol. The number of rotatable bonds is 7. The van der Waals surface area contributed by atoms with Crippen molar-refractivity contribution in [2.45, 2.75) is 45.2 Å². The Morgan fingerprint density at radius 3 is 2.67 bits per heavy atom. The third-order valence-electron chi connectivity index (χ3n) is 3.11. The highest BCUT2D eigenvalue weighted by atomic mass is 16.5. The summed E-state index contributed by atoms with van der Waals surface area (Å²) in [5.74, 6) is 0.136. The molecule has 1 aliphatic rings. The van der Waals surface area contributed by atoms with Crippen molar-refractivity contribution < 1.29 is 9.53 Å². The van der Waals surface area contributed by atoms with Crippen LogP contribution in [0.5, 0.6) is 0 Å². The third kappa shape index (κ3) is 6.93. The Hall–Kier alpha value is -0.650. The Labute approximate surface area is 110 Å². The number of nitrogens with zero attached hydrogens (tertiary/aromatic N) is 1. The molecule has 5 nitrogen and oxygen atoms in total. The maximum Gasteiger partial charge on any atom is 0.220 e. The average molecular weight is 257 g/mol. The van der Waals surface area contributed by atoms with Crippen molar-refractivity contribution in [2.24, 2.45) is 5.73 Å². The summed E-state index contributed by atoms with van der Waals surface area (Å²) in [7, 11) is 0. The molecule has 0 bridgehead atoms. The van der Waals surface area contributed by atoms with E-state index in [0.29, 0.717) is 6.42 Å². The van der Waals surface area contributed by atoms with Crippen molar-refractivity contribution in [2.75, 3.05) is 32.8 Å². The molecule has 3 N–H and O–H groups in total. The molecule has 0 radical (unpaired) electrons. The summed E-state index contributed by atoms with van der Waals surface area (Å²) < 4.78 is 5.30. The van der Waals surface area contributed by atoms with E-state index in [1.807, 2.05) is 6.92 Å². The number of nitrogens with one attached hydrogen (secondary N) is 1. The minimum atomic E-state index is 0.136. The monoisotopic (exact) mass is 257 g/mol. The molecule has 0 aromatic heterocycles. The van der Waals surface area contributed by atoms with Gasteiger partial charge in [-0.25, -0.2) is 0 Å². The maximum absolute atomic E-state index is 11.7. The van der Waals surface area contributed by atoms with E-state index in [1.165, 1.54) is 0 Å². The number of hydrogen-bond acceptors (Lipinski definition) is 4. The summed E-state index contributed by atoms with van der Waals surface area (Å²) in [4.78, 5) is 14.0. The van der Waals surface area contributed by atoms with Crippen LogP contribution in [0.3, 0.4) is 0 Å². The highest BCUT2D eigenvalue weighted by Crippen LogP contribution is 2.01. The molecule has 2 unspecified atom stereocenters. The van der Waals surface area contributed by atoms with E-state index in [0.717, 1.165) is 45.7 Å². The van der Waals surface area contributed by atoms with E-state index >= 15 is 0 Å². The van der Waals surface area contributed by atoms with Gasteiger partial charge in [0.05, 0.1) is 13.2 Å². The molecule has 1 fully saturated rings. The molecule has 0 aromatic carbocycles. The first kappa shape index (κ1) is 15.4. The Balaban J connectivity index is 2.10. The summed E-state index contributed by atoms with van der Waals surface area (Å²) in [5, 5.41) is 3.04. The number of amides is 1. The van der Waals surface area contributed by atoms with Crippen LogP contribution in [0.25, 0.3) is 0 Å². The Morgan fingerprint density at radius 1 is 1.39 bits per heavy atom.